The first-order chi connectivity index (χ1) is 7.11. The summed E-state index contributed by atoms with van der Waals surface area (Å²) in [6, 6.07) is 1.47. The first-order valence-electron chi connectivity index (χ1n) is 4.19. The third-order valence-electron chi connectivity index (χ3n) is 2.22. The zero-order valence-corrected chi connectivity index (χ0v) is 8.21. The van der Waals surface area contributed by atoms with Crippen LogP contribution in [-0.4, -0.2) is 44.1 Å². The van der Waals surface area contributed by atoms with Crippen LogP contribution in [0.2, 0.25) is 0 Å². The summed E-state index contributed by atoms with van der Waals surface area (Å²) in [7, 11) is 3.06. The third kappa shape index (κ3) is 0.981. The van der Waals surface area contributed by atoms with Crippen molar-refractivity contribution in [3.05, 3.63) is 11.6 Å². The van der Waals surface area contributed by atoms with Crippen LogP contribution >= 0.6 is 0 Å². The summed E-state index contributed by atoms with van der Waals surface area (Å²) < 4.78 is 0.803. The Bertz CT molecular complexity index is 575. The van der Waals surface area contributed by atoms with Crippen LogP contribution in [0, 0.1) is 0 Å². The number of anilines is 1. The summed E-state index contributed by atoms with van der Waals surface area (Å²) >= 11 is 0. The fraction of sp³-hybridized carbons (Fsp3) is 0.286. The Morgan fingerprint density at radius 2 is 1.93 bits per heavy atom. The Morgan fingerprint density at radius 3 is 2.47 bits per heavy atom. The van der Waals surface area contributed by atoms with Gasteiger partial charge in [0.15, 0.2) is 5.52 Å². The van der Waals surface area contributed by atoms with Crippen LogP contribution < -0.4 is 10.8 Å². The van der Waals surface area contributed by atoms with E-state index in [1.54, 1.807) is 7.05 Å². The van der Waals surface area contributed by atoms with Gasteiger partial charge in [-0.25, -0.2) is 0 Å². The van der Waals surface area contributed by atoms with Crippen molar-refractivity contribution in [1.82, 2.24) is 14.4 Å². The minimum atomic E-state index is 0.0523. The molecule has 15 heavy (non-hydrogen) atoms. The molecular weight excluding hydrogens is 202 g/mol. The molecule has 0 spiro atoms. The molecular formula is C7H11N5O3. The van der Waals surface area contributed by atoms with Crippen LogP contribution in [0.25, 0.3) is 11.0 Å². The molecule has 0 aliphatic heterocycles. The van der Waals surface area contributed by atoms with Gasteiger partial charge in [-0.05, 0) is 0 Å². The van der Waals surface area contributed by atoms with E-state index < -0.39 is 0 Å². The summed E-state index contributed by atoms with van der Waals surface area (Å²) in [4.78, 5) is 4.68. The maximum Gasteiger partial charge on any atom is 0.216 e. The highest BCUT2D eigenvalue weighted by molar-refractivity contribution is 5.80. The highest BCUT2D eigenvalue weighted by Crippen LogP contribution is 2.18. The molecule has 0 unspecified atom stereocenters. The second-order valence-electron chi connectivity index (χ2n) is 2.95. The number of nitrogens with one attached hydrogen (secondary N) is 1. The van der Waals surface area contributed by atoms with E-state index in [4.69, 9.17) is 0 Å². The highest BCUT2D eigenvalue weighted by atomic mass is 16.6. The maximum atomic E-state index is 9.68. The van der Waals surface area contributed by atoms with Crippen LogP contribution in [-0.2, 0) is 0 Å². The number of nitrogens with zero attached hydrogens (tertiary/aromatic N) is 4. The molecule has 0 aliphatic carbocycles. The van der Waals surface area contributed by atoms with Crippen LogP contribution in [0.1, 0.15) is 0 Å². The van der Waals surface area contributed by atoms with E-state index in [9.17, 15) is 15.6 Å². The van der Waals surface area contributed by atoms with E-state index in [2.05, 4.69) is 10.3 Å². The lowest BCUT2D eigenvalue weighted by Crippen LogP contribution is -2.22. The standard InChI is InChI=1S/C7H11N5O3/c1-8-5-3-4-6(10(5)13)7(9-2)12(15)11(4)14/h3,8,13-15H,1-2H3. The average molecular weight is 213 g/mol. The molecule has 2 aromatic rings. The lowest BCUT2D eigenvalue weighted by Gasteiger charge is -2.00. The predicted octanol–water partition coefficient (Wildman–Crippen LogP) is -0.472. The Kier molecular flexibility index (Phi) is 1.78. The molecule has 0 saturated carbocycles. The molecule has 0 saturated heterocycles. The van der Waals surface area contributed by atoms with E-state index in [0.717, 1.165) is 4.73 Å². The van der Waals surface area contributed by atoms with Crippen molar-refractivity contribution in [2.75, 3.05) is 19.4 Å². The molecule has 0 aliphatic rings. The summed E-state index contributed by atoms with van der Waals surface area (Å²) in [5.41, 5.74) is 0.508. The second-order valence-corrected chi connectivity index (χ2v) is 2.95. The Labute approximate surface area is 83.8 Å². The van der Waals surface area contributed by atoms with E-state index in [-0.39, 0.29) is 16.5 Å². The number of hydrogen-bond donors (Lipinski definition) is 4. The van der Waals surface area contributed by atoms with Crippen molar-refractivity contribution in [1.29, 1.82) is 0 Å². The van der Waals surface area contributed by atoms with Gasteiger partial charge in [0.25, 0.3) is 0 Å². The summed E-state index contributed by atoms with van der Waals surface area (Å²) in [6.45, 7) is 0. The van der Waals surface area contributed by atoms with Gasteiger partial charge >= 0.3 is 0 Å². The van der Waals surface area contributed by atoms with Crippen molar-refractivity contribution in [3.8, 4) is 0 Å². The predicted molar refractivity (Wildman–Crippen MR) is 50.5 cm³/mol. The van der Waals surface area contributed by atoms with E-state index in [1.807, 2.05) is 0 Å². The second kappa shape index (κ2) is 2.87. The molecule has 0 bridgehead atoms. The Hall–Kier alpha value is -2.25. The van der Waals surface area contributed by atoms with Crippen LogP contribution in [0.15, 0.2) is 11.1 Å². The molecule has 82 valence electrons. The molecule has 8 nitrogen and oxygen atoms in total. The molecule has 0 fully saturated rings. The molecule has 4 N–H and O–H groups in total. The normalized spacial score (nSPS) is 12.5. The molecule has 0 amide bonds. The van der Waals surface area contributed by atoms with Crippen molar-refractivity contribution in [2.45, 2.75) is 0 Å². The number of aromatic nitrogens is 3. The quantitative estimate of drug-likeness (QED) is 0.481. The summed E-state index contributed by atoms with van der Waals surface area (Å²) in [5, 5.41) is 31.3. The van der Waals surface area contributed by atoms with E-state index >= 15 is 0 Å². The first kappa shape index (κ1) is 9.31. The van der Waals surface area contributed by atoms with Gasteiger partial charge < -0.3 is 20.9 Å². The summed E-state index contributed by atoms with van der Waals surface area (Å²) in [6.07, 6.45) is 0. The fourth-order valence-corrected chi connectivity index (χ4v) is 1.51. The van der Waals surface area contributed by atoms with Crippen molar-refractivity contribution >= 4 is 16.9 Å². The van der Waals surface area contributed by atoms with Crippen LogP contribution in [0.3, 0.4) is 0 Å². The number of fused-ring (bicyclic) bond motifs is 1. The molecule has 2 aromatic heterocycles. The van der Waals surface area contributed by atoms with Gasteiger partial charge in [0.2, 0.25) is 5.49 Å². The monoisotopic (exact) mass is 213 g/mol. The maximum absolute atomic E-state index is 9.68. The lowest BCUT2D eigenvalue weighted by atomic mass is 10.5. The lowest BCUT2D eigenvalue weighted by molar-refractivity contribution is -0.00981. The minimum absolute atomic E-state index is 0.0523. The molecule has 0 radical (unpaired) electrons. The minimum Gasteiger partial charge on any atom is -0.426 e. The number of hydrogen-bond acceptors (Lipinski definition) is 5. The van der Waals surface area contributed by atoms with Gasteiger partial charge in [0, 0.05) is 20.2 Å². The molecule has 0 atom stereocenters. The van der Waals surface area contributed by atoms with Gasteiger partial charge in [-0.1, -0.05) is 9.69 Å². The fourth-order valence-electron chi connectivity index (χ4n) is 1.51. The SMILES string of the molecule is CN=c1c2c(cc(NC)n2O)n(O)n1O. The van der Waals surface area contributed by atoms with Gasteiger partial charge in [-0.2, -0.15) is 4.73 Å². The van der Waals surface area contributed by atoms with Crippen molar-refractivity contribution in [2.24, 2.45) is 4.99 Å². The Morgan fingerprint density at radius 1 is 1.27 bits per heavy atom. The van der Waals surface area contributed by atoms with E-state index in [1.165, 1.54) is 13.1 Å². The summed E-state index contributed by atoms with van der Waals surface area (Å²) in [5.74, 6) is 0.383. The van der Waals surface area contributed by atoms with Gasteiger partial charge in [0.1, 0.15) is 11.3 Å². The third-order valence-corrected chi connectivity index (χ3v) is 2.22. The molecule has 8 heteroatoms. The highest BCUT2D eigenvalue weighted by Gasteiger charge is 2.17. The van der Waals surface area contributed by atoms with Gasteiger partial charge in [-0.15, -0.1) is 0 Å². The van der Waals surface area contributed by atoms with Gasteiger partial charge in [-0.3, -0.25) is 4.99 Å². The van der Waals surface area contributed by atoms with E-state index in [0.29, 0.717) is 15.5 Å². The van der Waals surface area contributed by atoms with Crippen molar-refractivity contribution < 1.29 is 15.6 Å². The van der Waals surface area contributed by atoms with Gasteiger partial charge in [0.05, 0.1) is 0 Å². The topological polar surface area (TPSA) is 99.9 Å². The molecule has 2 rings (SSSR count). The smallest absolute Gasteiger partial charge is 0.216 e. The Balaban J connectivity index is 3.00. The van der Waals surface area contributed by atoms with Crippen LogP contribution in [0.5, 0.6) is 0 Å². The van der Waals surface area contributed by atoms with Crippen LogP contribution in [0.4, 0.5) is 5.82 Å². The first-order valence-corrected chi connectivity index (χ1v) is 4.19. The number of rotatable bonds is 1. The molecule has 2 heterocycles. The largest absolute Gasteiger partial charge is 0.426 e. The zero-order chi connectivity index (χ0) is 11.2. The van der Waals surface area contributed by atoms with Crippen molar-refractivity contribution in [3.63, 3.8) is 0 Å². The zero-order valence-electron chi connectivity index (χ0n) is 8.21. The molecule has 0 aromatic carbocycles. The average Bonchev–Trinajstić information content (AvgIpc) is 2.67.